The van der Waals surface area contributed by atoms with E-state index in [0.29, 0.717) is 38.9 Å². The Balaban J connectivity index is 0.000000232. The number of H-pyrrole nitrogens is 2. The molecule has 8 rings (SSSR count). The fourth-order valence-corrected chi connectivity index (χ4v) is 11.4. The second-order valence-electron chi connectivity index (χ2n) is 17.2. The highest BCUT2D eigenvalue weighted by molar-refractivity contribution is 7.49. The number of aliphatic hydroxyl groups is 2. The Morgan fingerprint density at radius 2 is 1.45 bits per heavy atom. The number of rotatable bonds is 22. The van der Waals surface area contributed by atoms with Gasteiger partial charge in [-0.25, -0.2) is 14.2 Å². The van der Waals surface area contributed by atoms with Gasteiger partial charge in [0.1, 0.15) is 54.4 Å². The van der Waals surface area contributed by atoms with Crippen LogP contribution in [0, 0.1) is 11.3 Å². The maximum atomic E-state index is 14.1. The van der Waals surface area contributed by atoms with Gasteiger partial charge in [0.05, 0.1) is 42.2 Å². The lowest BCUT2D eigenvalue weighted by molar-refractivity contribution is -0.188. The molecule has 4 fully saturated rings. The van der Waals surface area contributed by atoms with Crippen LogP contribution in [-0.2, 0) is 60.9 Å². The van der Waals surface area contributed by atoms with Crippen molar-refractivity contribution in [2.45, 2.75) is 113 Å². The van der Waals surface area contributed by atoms with Crippen molar-refractivity contribution in [2.75, 3.05) is 33.0 Å². The summed E-state index contributed by atoms with van der Waals surface area (Å²) in [5, 5.41) is 28.4. The van der Waals surface area contributed by atoms with Crippen molar-refractivity contribution in [2.24, 2.45) is 0 Å². The predicted molar refractivity (Wildman–Crippen MR) is 263 cm³/mol. The van der Waals surface area contributed by atoms with Crippen LogP contribution in [0.5, 0.6) is 11.5 Å². The van der Waals surface area contributed by atoms with E-state index in [9.17, 15) is 48.1 Å². The second kappa shape index (κ2) is 26.8. The second-order valence-corrected chi connectivity index (χ2v) is 21.1. The monoisotopic (exact) mass is 1140 g/mol. The highest BCUT2D eigenvalue weighted by Gasteiger charge is 2.63. The third-order valence-corrected chi connectivity index (χ3v) is 15.5. The fraction of sp³-hybridized carbons (Fsp3) is 0.500. The van der Waals surface area contributed by atoms with Gasteiger partial charge in [0.25, 0.3) is 19.1 Å². The van der Waals surface area contributed by atoms with Crippen LogP contribution in [0.3, 0.4) is 0 Å². The highest BCUT2D eigenvalue weighted by Crippen LogP contribution is 2.56. The summed E-state index contributed by atoms with van der Waals surface area (Å²) in [6, 6.07) is 16.4. The molecule has 4 N–H and O–H groups in total. The molecule has 0 amide bonds. The van der Waals surface area contributed by atoms with Gasteiger partial charge in [0, 0.05) is 57.0 Å². The van der Waals surface area contributed by atoms with Crippen LogP contribution in [-0.4, -0.2) is 123 Å². The van der Waals surface area contributed by atoms with Gasteiger partial charge in [0.2, 0.25) is 5.34 Å². The highest BCUT2D eigenvalue weighted by atomic mass is 35.5. The number of hydrogen-bond acceptors (Lipinski definition) is 22. The van der Waals surface area contributed by atoms with Crippen molar-refractivity contribution in [1.82, 2.24) is 19.1 Å². The number of nitriles is 1. The first-order chi connectivity index (χ1) is 36.4. The molecule has 2 aromatic carbocycles. The number of carbonyl (C=O) groups excluding carboxylic acids is 2. The maximum absolute atomic E-state index is 14.1. The summed E-state index contributed by atoms with van der Waals surface area (Å²) >= 11 is 12.3. The Morgan fingerprint density at radius 1 is 0.855 bits per heavy atom. The van der Waals surface area contributed by atoms with Crippen LogP contribution in [0.15, 0.2) is 92.2 Å². The number of carbonyl (C=O) groups is 2. The molecule has 6 heterocycles. The first-order valence-electron chi connectivity index (χ1n) is 23.6. The van der Waals surface area contributed by atoms with Crippen LogP contribution in [0.2, 0.25) is 10.0 Å². The minimum atomic E-state index is -4.64. The molecular weight excluding hydrogens is 1090 g/mol. The lowest BCUT2D eigenvalue weighted by Gasteiger charge is -2.33. The van der Waals surface area contributed by atoms with Gasteiger partial charge in [0.15, 0.2) is 25.0 Å². The molecule has 0 spiro atoms. The molecule has 26 nitrogen and oxygen atoms in total. The van der Waals surface area contributed by atoms with Crippen molar-refractivity contribution in [3.05, 3.63) is 125 Å². The van der Waals surface area contributed by atoms with Crippen molar-refractivity contribution in [3.63, 3.8) is 0 Å². The molecule has 0 bridgehead atoms. The fourth-order valence-electron chi connectivity index (χ4n) is 8.10. The summed E-state index contributed by atoms with van der Waals surface area (Å²) in [4.78, 5) is 76.4. The van der Waals surface area contributed by atoms with E-state index in [1.54, 1.807) is 24.3 Å². The van der Waals surface area contributed by atoms with Gasteiger partial charge in [-0.2, -0.15) is 5.26 Å². The van der Waals surface area contributed by atoms with E-state index < -0.39 is 118 Å². The number of Topliss-reactive ketones (excluding diaryl/α,β-unsaturated/α-hetero) is 1. The molecule has 30 heteroatoms. The number of benzene rings is 2. The average Bonchev–Trinajstić information content (AvgIpc) is 4.24. The van der Waals surface area contributed by atoms with Gasteiger partial charge >= 0.3 is 25.2 Å². The minimum absolute atomic E-state index is 0.0436. The summed E-state index contributed by atoms with van der Waals surface area (Å²) in [6.07, 6.45) is -6.67. The molecule has 0 saturated carbocycles. The third kappa shape index (κ3) is 14.6. The number of ketones is 1. The van der Waals surface area contributed by atoms with Crippen LogP contribution < -0.4 is 31.5 Å². The van der Waals surface area contributed by atoms with Gasteiger partial charge < -0.3 is 57.2 Å². The Hall–Kier alpha value is -5.33. The normalized spacial score (nSPS) is 27.1. The zero-order chi connectivity index (χ0) is 54.6. The van der Waals surface area contributed by atoms with Gasteiger partial charge in [-0.05, 0) is 44.0 Å². The topological polar surface area (TPSA) is 344 Å². The SMILES string of the molecule is CC(=O)CCC(=O)OC[C@H]1O[C@@H](n2ccc(=O)[nH]c2=O)[C@H](OC2CCCO2)[C@@H]1OP(=O)(OCCC#N)Oc1ccccc1Cl.O=c1ccn([C@@H]2O[C@H](CO)[C@](O)([PH](=O)Oc3ccccc3Cl)[C@H]2OC2CCCO2)c(=O)[nH]1. The first kappa shape index (κ1) is 58.4. The predicted octanol–water partition coefficient (Wildman–Crippen LogP) is 3.87. The molecule has 412 valence electrons. The summed E-state index contributed by atoms with van der Waals surface area (Å²) < 4.78 is 92.4. The summed E-state index contributed by atoms with van der Waals surface area (Å²) in [6.45, 7) is 0.574. The van der Waals surface area contributed by atoms with E-state index in [4.69, 9.17) is 79.7 Å². The van der Waals surface area contributed by atoms with E-state index in [1.807, 2.05) is 6.07 Å². The number of nitrogens with one attached hydrogen (secondary N) is 2. The maximum Gasteiger partial charge on any atom is 0.530 e. The number of halogens is 2. The minimum Gasteiger partial charge on any atom is -0.463 e. The molecule has 4 aliphatic rings. The van der Waals surface area contributed by atoms with Crippen LogP contribution in [0.4, 0.5) is 0 Å². The lowest BCUT2D eigenvalue weighted by Crippen LogP contribution is -2.50. The quantitative estimate of drug-likeness (QED) is 0.0493. The molecule has 2 aromatic heterocycles. The summed E-state index contributed by atoms with van der Waals surface area (Å²) in [7, 11) is -8.13. The van der Waals surface area contributed by atoms with Crippen LogP contribution >= 0.6 is 39.1 Å². The van der Waals surface area contributed by atoms with E-state index in [2.05, 4.69) is 9.97 Å². The van der Waals surface area contributed by atoms with Gasteiger partial charge in [-0.15, -0.1) is 0 Å². The molecule has 0 aliphatic carbocycles. The Labute approximate surface area is 442 Å². The van der Waals surface area contributed by atoms with Crippen molar-refractivity contribution >= 4 is 50.8 Å². The number of nitrogens with zero attached hydrogens (tertiary/aromatic N) is 3. The molecule has 0 radical (unpaired) electrons. The number of aromatic nitrogens is 4. The van der Waals surface area contributed by atoms with E-state index in [-0.39, 0.29) is 53.2 Å². The average molecular weight is 1140 g/mol. The molecule has 4 aliphatic heterocycles. The van der Waals surface area contributed by atoms with E-state index in [0.717, 1.165) is 27.5 Å². The number of phosphoric ester groups is 1. The number of para-hydroxylation sites is 2. The van der Waals surface area contributed by atoms with Crippen LogP contribution in [0.25, 0.3) is 0 Å². The zero-order valence-electron chi connectivity index (χ0n) is 40.3. The largest absolute Gasteiger partial charge is 0.530 e. The van der Waals surface area contributed by atoms with Crippen LogP contribution in [0.1, 0.15) is 64.3 Å². The summed E-state index contributed by atoms with van der Waals surface area (Å²) in [5.74, 6) is -0.922. The zero-order valence-corrected chi connectivity index (χ0v) is 43.7. The van der Waals surface area contributed by atoms with Crippen molar-refractivity contribution in [1.29, 1.82) is 5.26 Å². The number of esters is 1. The molecule has 4 saturated heterocycles. The molecule has 4 aromatic rings. The number of hydrogen-bond donors (Lipinski definition) is 4. The summed E-state index contributed by atoms with van der Waals surface area (Å²) in [5.41, 5.74) is -2.98. The Kier molecular flexibility index (Phi) is 20.6. The van der Waals surface area contributed by atoms with Gasteiger partial charge in [-0.1, -0.05) is 47.5 Å². The Morgan fingerprint density at radius 3 is 2.00 bits per heavy atom. The first-order valence-corrected chi connectivity index (χ1v) is 27.1. The van der Waals surface area contributed by atoms with Crippen molar-refractivity contribution in [3.8, 4) is 17.6 Å². The van der Waals surface area contributed by atoms with Gasteiger partial charge in [-0.3, -0.25) is 47.1 Å². The number of ether oxygens (including phenoxy) is 7. The van der Waals surface area contributed by atoms with E-state index >= 15 is 0 Å². The van der Waals surface area contributed by atoms with E-state index in [1.165, 1.54) is 37.4 Å². The lowest BCUT2D eigenvalue weighted by atomic mass is 10.1. The number of phosphoric acid groups is 1. The number of aromatic amines is 2. The molecule has 12 atom stereocenters. The molecule has 4 unspecified atom stereocenters. The molecular formula is C46H53Cl2N5O21P2. The van der Waals surface area contributed by atoms with Crippen molar-refractivity contribution < 1.29 is 80.2 Å². The molecule has 76 heavy (non-hydrogen) atoms. The Bertz CT molecular complexity index is 3010. The smallest absolute Gasteiger partial charge is 0.463 e. The standard InChI is InChI=1S/C27H31ClN3O12P.C19H22ClN2O9P/c1-17(32)9-10-22(34)38-16-20-24(43-44(36,39-15-5-12-29)42-19-7-3-2-6-18(19)28)25(41-23-8-4-14-37-23)26(40-20)31-13-11-21(33)30-27(31)35;20-11-4-1-2-5-12(11)31-32(27)19(26)13(10-23)29-17(16(19)30-15-6-3-9-28-15)22-8-7-14(24)21-18(22)25/h2-3,6-7,11,13,20,23-26H,4-5,8-10,14-16H2,1H3,(H,30,33,35);1-2,4-5,7-8,13,15-17,23,26,32H,3,6,9-10H2,(H,21,24,25)/t20-,23?,24-,25-,26-,44?;13-,15?,16+,17-,19+/m11/s1. The number of aliphatic hydroxyl groups excluding tert-OH is 1. The third-order valence-electron chi connectivity index (χ3n) is 11.8.